The molecule has 7 nitrogen and oxygen atoms in total. The van der Waals surface area contributed by atoms with Gasteiger partial charge >= 0.3 is 0 Å². The number of anilines is 2. The zero-order valence-electron chi connectivity index (χ0n) is 21.4. The second kappa shape index (κ2) is 11.2. The molecule has 0 spiro atoms. The fraction of sp³-hybridized carbons (Fsp3) is 0.414. The molecule has 2 atom stereocenters. The van der Waals surface area contributed by atoms with Gasteiger partial charge in [0.05, 0.1) is 22.5 Å². The van der Waals surface area contributed by atoms with Crippen LogP contribution in [0.5, 0.6) is 0 Å². The molecule has 8 heteroatoms. The van der Waals surface area contributed by atoms with E-state index in [-0.39, 0.29) is 12.1 Å². The molecular weight excluding hydrogens is 482 g/mol. The molecule has 1 aliphatic heterocycles. The van der Waals surface area contributed by atoms with Crippen molar-refractivity contribution in [3.8, 4) is 0 Å². The van der Waals surface area contributed by atoms with E-state index < -0.39 is 0 Å². The van der Waals surface area contributed by atoms with Gasteiger partial charge in [0.25, 0.3) is 0 Å². The maximum atomic E-state index is 9.65. The van der Waals surface area contributed by atoms with Crippen LogP contribution in [0.2, 0.25) is 0 Å². The summed E-state index contributed by atoms with van der Waals surface area (Å²) in [6.07, 6.45) is 5.18. The summed E-state index contributed by atoms with van der Waals surface area (Å²) < 4.78 is 0. The van der Waals surface area contributed by atoms with Crippen molar-refractivity contribution in [3.63, 3.8) is 0 Å². The second-order valence-electron chi connectivity index (χ2n) is 9.97. The third kappa shape index (κ3) is 5.51. The number of aryl methyl sites for hydroxylation is 1. The summed E-state index contributed by atoms with van der Waals surface area (Å²) in [4.78, 5) is 15.0. The van der Waals surface area contributed by atoms with Gasteiger partial charge in [-0.2, -0.15) is 4.98 Å². The van der Waals surface area contributed by atoms with Crippen LogP contribution in [-0.4, -0.2) is 45.0 Å². The molecule has 3 aliphatic rings. The molecule has 2 heterocycles. The number of fused-ring (bicyclic) bond motifs is 1. The van der Waals surface area contributed by atoms with Crippen molar-refractivity contribution >= 4 is 34.3 Å². The number of aromatic nitrogens is 2. The predicted molar refractivity (Wildman–Crippen MR) is 152 cm³/mol. The summed E-state index contributed by atoms with van der Waals surface area (Å²) in [7, 11) is 1.00. The number of para-hydroxylation sites is 1. The lowest BCUT2D eigenvalue weighted by Crippen LogP contribution is -2.24. The first-order chi connectivity index (χ1) is 18.1. The zero-order chi connectivity index (χ0) is 25.8. The van der Waals surface area contributed by atoms with Crippen LogP contribution in [0.25, 0.3) is 0 Å². The molecule has 1 aromatic heterocycles. The molecule has 2 fully saturated rings. The molecule has 194 valence electrons. The van der Waals surface area contributed by atoms with Crippen LogP contribution >= 0.6 is 11.8 Å². The Morgan fingerprint density at radius 2 is 1.76 bits per heavy atom. The number of thioether (sulfide) groups is 1. The van der Waals surface area contributed by atoms with E-state index in [1.165, 1.54) is 11.1 Å². The van der Waals surface area contributed by atoms with Crippen molar-refractivity contribution in [3.05, 3.63) is 77.0 Å². The number of rotatable bonds is 7. The number of aliphatic hydroxyl groups is 2. The Morgan fingerprint density at radius 3 is 2.49 bits per heavy atom. The molecule has 4 N–H and O–H groups in total. The summed E-state index contributed by atoms with van der Waals surface area (Å²) >= 11 is 1.75. The van der Waals surface area contributed by atoms with E-state index in [9.17, 15) is 5.11 Å². The molecular formula is C29H35N5O2S. The lowest BCUT2D eigenvalue weighted by atomic mass is 10.1. The highest BCUT2D eigenvalue weighted by atomic mass is 32.2. The minimum absolute atomic E-state index is 0.0854. The number of nitrogens with zero attached hydrogens (tertiary/aromatic N) is 3. The maximum absolute atomic E-state index is 9.65. The molecule has 0 radical (unpaired) electrons. The first-order valence-corrected chi connectivity index (χ1v) is 14.0. The molecule has 0 bridgehead atoms. The van der Waals surface area contributed by atoms with Gasteiger partial charge in [-0.3, -0.25) is 0 Å². The van der Waals surface area contributed by atoms with Gasteiger partial charge in [-0.25, -0.2) is 9.98 Å². The average molecular weight is 518 g/mol. The quantitative estimate of drug-likeness (QED) is 0.333. The van der Waals surface area contributed by atoms with Crippen LogP contribution in [-0.2, 0) is 11.3 Å². The summed E-state index contributed by atoms with van der Waals surface area (Å²) in [6, 6.07) is 19.2. The predicted octanol–water partition coefficient (Wildman–Crippen LogP) is 5.39. The zero-order valence-corrected chi connectivity index (χ0v) is 22.3. The Kier molecular flexibility index (Phi) is 7.79. The highest BCUT2D eigenvalue weighted by molar-refractivity contribution is 8.13. The van der Waals surface area contributed by atoms with Crippen molar-refractivity contribution in [2.75, 3.05) is 24.4 Å². The minimum Gasteiger partial charge on any atom is -0.400 e. The van der Waals surface area contributed by atoms with Crippen LogP contribution in [0.15, 0.2) is 59.6 Å². The molecule has 0 saturated heterocycles. The lowest BCUT2D eigenvalue weighted by molar-refractivity contribution is 0.229. The first kappa shape index (κ1) is 25.7. The Bertz CT molecular complexity index is 1260. The third-order valence-electron chi connectivity index (χ3n) is 7.45. The number of hydrogen-bond acceptors (Lipinski definition) is 8. The summed E-state index contributed by atoms with van der Waals surface area (Å²) in [5, 5.41) is 25.0. The van der Waals surface area contributed by atoms with Gasteiger partial charge in [-0.05, 0) is 62.1 Å². The maximum Gasteiger partial charge on any atom is 0.225 e. The Balaban J connectivity index is 0.00000137. The highest BCUT2D eigenvalue weighted by Gasteiger charge is 2.45. The van der Waals surface area contributed by atoms with E-state index in [4.69, 9.17) is 20.1 Å². The normalized spacial score (nSPS) is 21.2. The molecule has 0 amide bonds. The Labute approximate surface area is 222 Å². The monoisotopic (exact) mass is 517 g/mol. The van der Waals surface area contributed by atoms with E-state index in [0.717, 1.165) is 72.8 Å². The van der Waals surface area contributed by atoms with Gasteiger partial charge < -0.3 is 20.8 Å². The molecule has 3 aromatic rings. The molecule has 6 rings (SSSR count). The number of aliphatic hydroxyl groups excluding tert-OH is 2. The smallest absolute Gasteiger partial charge is 0.225 e. The minimum atomic E-state index is -0.0854. The molecule has 37 heavy (non-hydrogen) atoms. The lowest BCUT2D eigenvalue weighted by Gasteiger charge is -2.23. The molecule has 2 unspecified atom stereocenters. The number of benzene rings is 2. The van der Waals surface area contributed by atoms with Crippen LogP contribution in [0.3, 0.4) is 0 Å². The van der Waals surface area contributed by atoms with Gasteiger partial charge in [0.15, 0.2) is 0 Å². The third-order valence-corrected chi connectivity index (χ3v) is 8.47. The second-order valence-corrected chi connectivity index (χ2v) is 10.9. The van der Waals surface area contributed by atoms with E-state index in [2.05, 4.69) is 66.1 Å². The van der Waals surface area contributed by atoms with Crippen LogP contribution < -0.4 is 10.6 Å². The van der Waals surface area contributed by atoms with E-state index in [1.54, 1.807) is 11.8 Å². The molecule has 2 aromatic carbocycles. The fourth-order valence-corrected chi connectivity index (χ4v) is 6.38. The van der Waals surface area contributed by atoms with Gasteiger partial charge in [0.2, 0.25) is 5.95 Å². The Hall–Kier alpha value is -2.94. The van der Waals surface area contributed by atoms with Crippen molar-refractivity contribution < 1.29 is 10.2 Å². The fourth-order valence-electron chi connectivity index (χ4n) is 5.29. The number of aliphatic imine (C=N–C) groups is 1. The number of hydrogen-bond donors (Lipinski definition) is 4. The van der Waals surface area contributed by atoms with Crippen molar-refractivity contribution in [1.82, 2.24) is 9.97 Å². The van der Waals surface area contributed by atoms with E-state index in [0.29, 0.717) is 17.9 Å². The Morgan fingerprint density at radius 1 is 1.00 bits per heavy atom. The topological polar surface area (TPSA) is 103 Å². The van der Waals surface area contributed by atoms with E-state index >= 15 is 0 Å². The van der Waals surface area contributed by atoms with Crippen molar-refractivity contribution in [1.29, 1.82) is 0 Å². The average Bonchev–Trinajstić information content (AvgIpc) is 3.58. The van der Waals surface area contributed by atoms with Gasteiger partial charge in [-0.15, -0.1) is 11.8 Å². The van der Waals surface area contributed by atoms with Gasteiger partial charge in [-0.1, -0.05) is 48.5 Å². The largest absolute Gasteiger partial charge is 0.400 e. The SMILES string of the molecule is CO.Cc1nc(NC2(c3ccccc3)CC2)nc(NC2CCC(CO)C2)c1C1=Nc2ccccc2CS1. The summed E-state index contributed by atoms with van der Waals surface area (Å²) in [6.45, 7) is 2.31. The van der Waals surface area contributed by atoms with Crippen LogP contribution in [0.4, 0.5) is 17.5 Å². The molecule has 2 aliphatic carbocycles. The summed E-state index contributed by atoms with van der Waals surface area (Å²) in [5.41, 5.74) is 5.40. The molecule has 2 saturated carbocycles. The van der Waals surface area contributed by atoms with Crippen LogP contribution in [0.1, 0.15) is 54.5 Å². The summed E-state index contributed by atoms with van der Waals surface area (Å²) in [5.74, 6) is 2.75. The van der Waals surface area contributed by atoms with E-state index in [1.807, 2.05) is 6.07 Å². The standard InChI is InChI=1S/C28H31N5OS.CH4O/c1-18-24(26-31-23-10-6-5-7-20(23)17-35-26)25(30-22-12-11-19(15-22)16-34)32-27(29-18)33-28(13-14-28)21-8-3-2-4-9-21;1-2/h2-10,19,22,34H,11-17H2,1H3,(H2,29,30,32,33);2H,1H3. The highest BCUT2D eigenvalue weighted by Crippen LogP contribution is 2.48. The van der Waals surface area contributed by atoms with Gasteiger partial charge in [0, 0.05) is 25.5 Å². The van der Waals surface area contributed by atoms with Crippen molar-refractivity contribution in [2.24, 2.45) is 10.9 Å². The number of nitrogens with one attached hydrogen (secondary N) is 2. The van der Waals surface area contributed by atoms with Crippen LogP contribution in [0, 0.1) is 12.8 Å². The van der Waals surface area contributed by atoms with Gasteiger partial charge in [0.1, 0.15) is 10.9 Å². The first-order valence-electron chi connectivity index (χ1n) is 13.0. The van der Waals surface area contributed by atoms with Crippen molar-refractivity contribution in [2.45, 2.75) is 56.4 Å².